The van der Waals surface area contributed by atoms with Crippen molar-refractivity contribution in [2.24, 2.45) is 65.0 Å². The molecule has 0 aromatic rings. The molecule has 0 amide bonds. The van der Waals surface area contributed by atoms with Gasteiger partial charge in [-0.25, -0.2) is 0 Å². The molecule has 12 saturated carbocycles. The third kappa shape index (κ3) is 2.86. The van der Waals surface area contributed by atoms with Crippen LogP contribution in [-0.4, -0.2) is 0 Å². The van der Waals surface area contributed by atoms with Crippen LogP contribution in [0.4, 0.5) is 0 Å². The summed E-state index contributed by atoms with van der Waals surface area (Å²) < 4.78 is 0. The van der Waals surface area contributed by atoms with Gasteiger partial charge < -0.3 is 0 Å². The van der Waals surface area contributed by atoms with Crippen molar-refractivity contribution < 1.29 is 0 Å². The molecule has 4 atom stereocenters. The lowest BCUT2D eigenvalue weighted by atomic mass is 9.21. The van der Waals surface area contributed by atoms with Crippen molar-refractivity contribution in [2.75, 3.05) is 0 Å². The van der Waals surface area contributed by atoms with Crippen molar-refractivity contribution in [1.29, 1.82) is 0 Å². The molecule has 0 aromatic carbocycles. The molecule has 0 radical (unpaired) electrons. The molecule has 4 unspecified atom stereocenters. The molecule has 0 heterocycles. The third-order valence-corrected chi connectivity index (χ3v) is 16.7. The van der Waals surface area contributed by atoms with Gasteiger partial charge in [0, 0.05) is 21.7 Å². The summed E-state index contributed by atoms with van der Waals surface area (Å²) in [6.45, 7) is 10.7. The van der Waals surface area contributed by atoms with E-state index in [2.05, 4.69) is 51.4 Å². The zero-order valence-corrected chi connectivity index (χ0v) is 27.0. The summed E-state index contributed by atoms with van der Waals surface area (Å²) in [4.78, 5) is 0. The molecular weight excluding hydrogens is 504 g/mol. The maximum Gasteiger partial charge on any atom is 0.0346 e. The minimum absolute atomic E-state index is 0.103. The molecule has 220 valence electrons. The van der Waals surface area contributed by atoms with Gasteiger partial charge >= 0.3 is 0 Å². The first-order chi connectivity index (χ1) is 19.5. The molecule has 12 fully saturated rings. The van der Waals surface area contributed by atoms with E-state index in [9.17, 15) is 0 Å². The van der Waals surface area contributed by atoms with Crippen molar-refractivity contribution in [3.63, 3.8) is 0 Å². The van der Waals surface area contributed by atoms with Gasteiger partial charge in [-0.2, -0.15) is 0 Å². The summed E-state index contributed by atoms with van der Waals surface area (Å²) in [5.41, 5.74) is 2.48. The van der Waals surface area contributed by atoms with Gasteiger partial charge in [0.25, 0.3) is 0 Å². The average Bonchev–Trinajstić information content (AvgIpc) is 2.84. The predicted molar refractivity (Wildman–Crippen MR) is 170 cm³/mol. The SMILES string of the molecule is C#CC12CC3(C)CC(C)(C1)CC(C14CC5(C)CC(C)(C1)CC(C16CC7(C#C)CC(C#C)(CC(C#C)(C7)C1)C6)(C5)C4)(C3)C2. The number of terminal acetylenes is 4. The topological polar surface area (TPSA) is 0 Å². The highest BCUT2D eigenvalue weighted by molar-refractivity contribution is 5.38. The standard InChI is InChI=1S/C42H52/c1-9-35-15-31(5)13-32(6,16-35)18-39(17-31,26-35)40-19-33(7)14-34(8,20-40)22-41(21-33,30-40)42-27-36(10-2)23-37(11-3,28-42)25-38(12-4,24-36)29-42/h1-4H,13-30H2,5-8H3. The van der Waals surface area contributed by atoms with Crippen LogP contribution in [0.15, 0.2) is 0 Å². The molecule has 0 saturated heterocycles. The minimum Gasteiger partial charge on any atom is -0.120 e. The largest absolute Gasteiger partial charge is 0.120 e. The second-order valence-electron chi connectivity index (χ2n) is 21.2. The summed E-state index contributed by atoms with van der Waals surface area (Å²) in [6, 6.07) is 0. The van der Waals surface area contributed by atoms with E-state index < -0.39 is 0 Å². The van der Waals surface area contributed by atoms with Gasteiger partial charge in [0.15, 0.2) is 0 Å². The maximum atomic E-state index is 6.56. The summed E-state index contributed by atoms with van der Waals surface area (Å²) in [6.07, 6.45) is 49.0. The van der Waals surface area contributed by atoms with Gasteiger partial charge in [-0.15, -0.1) is 25.7 Å². The molecule has 12 aliphatic carbocycles. The molecular formula is C42H52. The lowest BCUT2D eigenvalue weighted by Gasteiger charge is -2.83. The van der Waals surface area contributed by atoms with E-state index in [0.29, 0.717) is 32.5 Å². The van der Waals surface area contributed by atoms with Gasteiger partial charge in [-0.1, -0.05) is 51.4 Å². The van der Waals surface area contributed by atoms with Crippen LogP contribution in [0.1, 0.15) is 143 Å². The van der Waals surface area contributed by atoms with Crippen LogP contribution in [0, 0.1) is 114 Å². The van der Waals surface area contributed by atoms with Gasteiger partial charge in [-0.3, -0.25) is 0 Å². The van der Waals surface area contributed by atoms with Crippen LogP contribution in [0.3, 0.4) is 0 Å². The fraction of sp³-hybridized carbons (Fsp3) is 0.810. The van der Waals surface area contributed by atoms with Crippen LogP contribution < -0.4 is 0 Å². The fourth-order valence-electron chi connectivity index (χ4n) is 18.9. The molecule has 0 aliphatic heterocycles. The molecule has 12 bridgehead atoms. The fourth-order valence-corrected chi connectivity index (χ4v) is 18.9. The van der Waals surface area contributed by atoms with E-state index in [1.54, 1.807) is 0 Å². The van der Waals surface area contributed by atoms with Gasteiger partial charge in [0.1, 0.15) is 0 Å². The second-order valence-corrected chi connectivity index (χ2v) is 21.2. The molecule has 0 nitrogen and oxygen atoms in total. The Kier molecular flexibility index (Phi) is 4.28. The molecule has 0 heteroatoms. The highest BCUT2D eigenvalue weighted by atomic mass is 14.8. The van der Waals surface area contributed by atoms with Crippen molar-refractivity contribution in [2.45, 2.75) is 143 Å². The Bertz CT molecular complexity index is 1380. The monoisotopic (exact) mass is 556 g/mol. The van der Waals surface area contributed by atoms with E-state index in [0.717, 1.165) is 19.3 Å². The molecule has 12 aliphatic rings. The Labute approximate surface area is 257 Å². The average molecular weight is 557 g/mol. The Morgan fingerprint density at radius 2 is 0.524 bits per heavy atom. The Morgan fingerprint density at radius 3 is 0.833 bits per heavy atom. The first-order valence-electron chi connectivity index (χ1n) is 17.4. The van der Waals surface area contributed by atoms with Crippen LogP contribution in [0.2, 0.25) is 0 Å². The van der Waals surface area contributed by atoms with Crippen molar-refractivity contribution in [3.8, 4) is 49.4 Å². The van der Waals surface area contributed by atoms with Crippen LogP contribution >= 0.6 is 0 Å². The zero-order valence-electron chi connectivity index (χ0n) is 27.0. The minimum atomic E-state index is -0.124. The van der Waals surface area contributed by atoms with E-state index in [1.807, 2.05) is 0 Å². The summed E-state index contributed by atoms with van der Waals surface area (Å²) in [5.74, 6) is 13.8. The first-order valence-corrected chi connectivity index (χ1v) is 17.4. The van der Waals surface area contributed by atoms with E-state index >= 15 is 0 Å². The molecule has 0 aromatic heterocycles. The van der Waals surface area contributed by atoms with E-state index in [-0.39, 0.29) is 32.5 Å². The summed E-state index contributed by atoms with van der Waals surface area (Å²) >= 11 is 0. The second kappa shape index (κ2) is 6.74. The normalized spacial score (nSPS) is 65.9. The summed E-state index contributed by atoms with van der Waals surface area (Å²) in [5, 5.41) is 0. The molecule has 0 N–H and O–H groups in total. The van der Waals surface area contributed by atoms with E-state index in [4.69, 9.17) is 25.7 Å². The number of rotatable bonds is 2. The smallest absolute Gasteiger partial charge is 0.0346 e. The molecule has 0 spiro atoms. The highest BCUT2D eigenvalue weighted by Crippen LogP contribution is 2.89. The van der Waals surface area contributed by atoms with Gasteiger partial charge in [-0.05, 0) is 159 Å². The van der Waals surface area contributed by atoms with Crippen LogP contribution in [0.25, 0.3) is 0 Å². The summed E-state index contributed by atoms with van der Waals surface area (Å²) in [7, 11) is 0. The third-order valence-electron chi connectivity index (χ3n) is 16.7. The van der Waals surface area contributed by atoms with Crippen molar-refractivity contribution >= 4 is 0 Å². The first kappa shape index (κ1) is 26.6. The molecule has 12 rings (SSSR count). The molecule has 42 heavy (non-hydrogen) atoms. The lowest BCUT2D eigenvalue weighted by molar-refractivity contribution is -0.327. The van der Waals surface area contributed by atoms with Crippen LogP contribution in [-0.2, 0) is 0 Å². The predicted octanol–water partition coefficient (Wildman–Crippen LogP) is 9.58. The van der Waals surface area contributed by atoms with Crippen molar-refractivity contribution in [1.82, 2.24) is 0 Å². The number of hydrogen-bond acceptors (Lipinski definition) is 0. The van der Waals surface area contributed by atoms with Gasteiger partial charge in [0.2, 0.25) is 0 Å². The Balaban J connectivity index is 1.25. The maximum absolute atomic E-state index is 6.56. The quantitative estimate of drug-likeness (QED) is 0.297. The Hall–Kier alpha value is -1.76. The van der Waals surface area contributed by atoms with Gasteiger partial charge in [0.05, 0.1) is 0 Å². The van der Waals surface area contributed by atoms with Crippen molar-refractivity contribution in [3.05, 3.63) is 0 Å². The lowest BCUT2D eigenvalue weighted by Crippen LogP contribution is -2.74. The van der Waals surface area contributed by atoms with E-state index in [1.165, 1.54) is 96.3 Å². The highest BCUT2D eigenvalue weighted by Gasteiger charge is 2.81. The number of hydrogen-bond donors (Lipinski definition) is 0. The Morgan fingerprint density at radius 1 is 0.286 bits per heavy atom. The van der Waals surface area contributed by atoms with Crippen LogP contribution in [0.5, 0.6) is 0 Å². The zero-order chi connectivity index (χ0) is 29.6.